The maximum atomic E-state index is 13.2. The fraction of sp³-hybridized carbons (Fsp3) is 0.692. The Labute approximate surface area is 235 Å². The average Bonchev–Trinajstić information content (AvgIpc) is 2.88. The number of para-hydroxylation sites is 1. The highest BCUT2D eigenvalue weighted by atomic mass is 19.4. The van der Waals surface area contributed by atoms with Gasteiger partial charge in [0.15, 0.2) is 0 Å². The molecule has 0 spiro atoms. The Kier molecular flexibility index (Phi) is 14.3. The number of methoxy groups -OCH3 is 2. The predicted octanol–water partition coefficient (Wildman–Crippen LogP) is 3.20. The van der Waals surface area contributed by atoms with E-state index in [-0.39, 0.29) is 31.9 Å². The topological polar surface area (TPSA) is 132 Å². The van der Waals surface area contributed by atoms with E-state index in [4.69, 9.17) is 15.2 Å². The van der Waals surface area contributed by atoms with Crippen molar-refractivity contribution in [2.24, 2.45) is 17.6 Å². The molecular weight excluding hydrogens is 564 g/mol. The lowest BCUT2D eigenvalue weighted by Crippen LogP contribution is -2.67. The summed E-state index contributed by atoms with van der Waals surface area (Å²) in [5.41, 5.74) is 1.15. The van der Waals surface area contributed by atoms with Gasteiger partial charge in [-0.15, -0.1) is 0 Å². The number of aliphatic hydroxyl groups is 1. The molecule has 0 unspecified atom stereocenters. The molecule has 2 amide bonds. The Hall–Kier alpha value is -2.62. The number of halogens is 6. The van der Waals surface area contributed by atoms with Gasteiger partial charge in [-0.1, -0.05) is 26.0 Å². The molecule has 1 aromatic carbocycles. The molecule has 0 aliphatic rings. The van der Waals surface area contributed by atoms with Crippen LogP contribution in [-0.2, 0) is 14.3 Å². The van der Waals surface area contributed by atoms with Crippen molar-refractivity contribution < 1.29 is 55.2 Å². The number of nitrogens with two attached hydrogens (primary N) is 1. The number of hydrogen-bond donors (Lipinski definition) is 4. The maximum Gasteiger partial charge on any atom is 0.435 e. The fourth-order valence-corrected chi connectivity index (χ4v) is 3.94. The molecule has 0 radical (unpaired) electrons. The molecule has 1 rings (SSSR count). The number of amides is 2. The summed E-state index contributed by atoms with van der Waals surface area (Å²) >= 11 is 0. The van der Waals surface area contributed by atoms with Crippen molar-refractivity contribution in [1.82, 2.24) is 10.6 Å². The second-order valence-electron chi connectivity index (χ2n) is 9.82. The predicted molar refractivity (Wildman–Crippen MR) is 137 cm³/mol. The van der Waals surface area contributed by atoms with Gasteiger partial charge in [-0.3, -0.25) is 9.59 Å². The first-order valence-electron chi connectivity index (χ1n) is 12.9. The largest absolute Gasteiger partial charge is 0.493 e. The van der Waals surface area contributed by atoms with Crippen molar-refractivity contribution >= 4 is 11.8 Å². The molecule has 3 atom stereocenters. The fourth-order valence-electron chi connectivity index (χ4n) is 3.94. The quantitative estimate of drug-likeness (QED) is 0.159. The zero-order chi connectivity index (χ0) is 31.4. The third-order valence-electron chi connectivity index (χ3n) is 6.56. The first kappa shape index (κ1) is 36.4. The van der Waals surface area contributed by atoms with Crippen LogP contribution in [-0.4, -0.2) is 87.5 Å². The number of unbranched alkanes of at least 4 members (excludes halogenated alkanes) is 1. The summed E-state index contributed by atoms with van der Waals surface area (Å²) in [5.74, 6) is -3.01. The summed E-state index contributed by atoms with van der Waals surface area (Å²) in [7, 11) is 1.70. The summed E-state index contributed by atoms with van der Waals surface area (Å²) < 4.78 is 93.7. The molecule has 0 saturated heterocycles. The first-order chi connectivity index (χ1) is 19.0. The Morgan fingerprint density at radius 1 is 0.951 bits per heavy atom. The van der Waals surface area contributed by atoms with E-state index in [1.807, 2.05) is 13.8 Å². The maximum absolute atomic E-state index is 13.2. The van der Waals surface area contributed by atoms with Crippen molar-refractivity contribution in [3.8, 4) is 5.75 Å². The van der Waals surface area contributed by atoms with E-state index in [1.54, 1.807) is 31.4 Å². The minimum absolute atomic E-state index is 0.0284. The minimum atomic E-state index is -6.12. The van der Waals surface area contributed by atoms with Gasteiger partial charge in [-0.2, -0.15) is 26.3 Å². The zero-order valence-electron chi connectivity index (χ0n) is 23.4. The van der Waals surface area contributed by atoms with E-state index in [1.165, 1.54) is 5.32 Å². The normalized spacial score (nSPS) is 14.9. The Bertz CT molecular complexity index is 946. The molecule has 0 aromatic heterocycles. The van der Waals surface area contributed by atoms with E-state index in [0.717, 1.165) is 12.8 Å². The van der Waals surface area contributed by atoms with Crippen molar-refractivity contribution in [2.45, 2.75) is 63.2 Å². The van der Waals surface area contributed by atoms with Crippen molar-refractivity contribution in [1.29, 1.82) is 0 Å². The van der Waals surface area contributed by atoms with E-state index < -0.39 is 48.5 Å². The minimum Gasteiger partial charge on any atom is -0.493 e. The highest BCUT2D eigenvalue weighted by molar-refractivity contribution is 5.96. The highest BCUT2D eigenvalue weighted by Gasteiger charge is 2.77. The number of carbonyl (C=O) groups is 2. The molecule has 0 aliphatic heterocycles. The SMILES string of the molecule is COCCCCOc1ccccc1C(=O)NC[C@@H](C[C@H](N)[C@@H](O)CNC(=O)C(OC)(C(F)(F)F)C(F)(F)F)C(C)C. The van der Waals surface area contributed by atoms with E-state index in [0.29, 0.717) is 24.5 Å². The Morgan fingerprint density at radius 3 is 2.07 bits per heavy atom. The van der Waals surface area contributed by atoms with Crippen molar-refractivity contribution in [2.75, 3.05) is 40.5 Å². The highest BCUT2D eigenvalue weighted by Crippen LogP contribution is 2.45. The number of nitrogens with one attached hydrogen (secondary N) is 2. The molecule has 15 heteroatoms. The molecule has 236 valence electrons. The Morgan fingerprint density at radius 2 is 1.54 bits per heavy atom. The Balaban J connectivity index is 2.79. The van der Waals surface area contributed by atoms with E-state index in [2.05, 4.69) is 10.1 Å². The molecule has 0 saturated carbocycles. The summed E-state index contributed by atoms with van der Waals surface area (Å²) in [4.78, 5) is 24.9. The summed E-state index contributed by atoms with van der Waals surface area (Å²) in [5, 5.41) is 14.5. The first-order valence-corrected chi connectivity index (χ1v) is 12.9. The summed E-state index contributed by atoms with van der Waals surface area (Å²) in [6.45, 7) is 3.69. The molecule has 0 fully saturated rings. The van der Waals surface area contributed by atoms with Gasteiger partial charge < -0.3 is 35.7 Å². The summed E-state index contributed by atoms with van der Waals surface area (Å²) in [6.07, 6.45) is -12.4. The van der Waals surface area contributed by atoms with Gasteiger partial charge in [0.2, 0.25) is 0 Å². The number of carbonyl (C=O) groups excluding carboxylic acids is 2. The van der Waals surface area contributed by atoms with Crippen LogP contribution in [0.15, 0.2) is 24.3 Å². The second-order valence-corrected chi connectivity index (χ2v) is 9.82. The van der Waals surface area contributed by atoms with Gasteiger partial charge >= 0.3 is 18.0 Å². The van der Waals surface area contributed by atoms with Crippen LogP contribution in [0, 0.1) is 11.8 Å². The lowest BCUT2D eigenvalue weighted by molar-refractivity contribution is -0.357. The molecule has 0 bridgehead atoms. The van der Waals surface area contributed by atoms with Crippen LogP contribution < -0.4 is 21.1 Å². The molecule has 5 N–H and O–H groups in total. The van der Waals surface area contributed by atoms with Gasteiger partial charge in [0.1, 0.15) is 5.75 Å². The van der Waals surface area contributed by atoms with Crippen LogP contribution in [0.3, 0.4) is 0 Å². The van der Waals surface area contributed by atoms with Gasteiger partial charge in [-0.25, -0.2) is 0 Å². The van der Waals surface area contributed by atoms with E-state index >= 15 is 0 Å². The number of hydrogen-bond acceptors (Lipinski definition) is 7. The molecule has 9 nitrogen and oxygen atoms in total. The molecule has 41 heavy (non-hydrogen) atoms. The zero-order valence-corrected chi connectivity index (χ0v) is 23.4. The van der Waals surface area contributed by atoms with E-state index in [9.17, 15) is 41.0 Å². The van der Waals surface area contributed by atoms with Crippen LogP contribution in [0.2, 0.25) is 0 Å². The van der Waals surface area contributed by atoms with Crippen LogP contribution in [0.25, 0.3) is 0 Å². The molecule has 1 aromatic rings. The van der Waals surface area contributed by atoms with Gasteiger partial charge in [0, 0.05) is 40.0 Å². The molecule has 0 aliphatic carbocycles. The summed E-state index contributed by atoms with van der Waals surface area (Å²) in [6, 6.07) is 5.47. The average molecular weight is 604 g/mol. The number of ether oxygens (including phenoxy) is 3. The van der Waals surface area contributed by atoms with Crippen LogP contribution in [0.5, 0.6) is 5.75 Å². The van der Waals surface area contributed by atoms with Crippen molar-refractivity contribution in [3.63, 3.8) is 0 Å². The number of rotatable bonds is 17. The third-order valence-corrected chi connectivity index (χ3v) is 6.56. The molecule has 0 heterocycles. The number of alkyl halides is 6. The van der Waals surface area contributed by atoms with Gasteiger partial charge in [0.25, 0.3) is 11.8 Å². The molecular formula is C26H39F6N3O6. The number of benzene rings is 1. The van der Waals surface area contributed by atoms with Gasteiger partial charge in [-0.05, 0) is 43.2 Å². The number of aliphatic hydroxyl groups excluding tert-OH is 1. The lowest BCUT2D eigenvalue weighted by atomic mass is 9.87. The van der Waals surface area contributed by atoms with Crippen LogP contribution in [0.4, 0.5) is 26.3 Å². The van der Waals surface area contributed by atoms with Gasteiger partial charge in [0.05, 0.1) is 18.3 Å². The third kappa shape index (κ3) is 10.0. The van der Waals surface area contributed by atoms with Crippen LogP contribution in [0.1, 0.15) is 43.5 Å². The monoisotopic (exact) mass is 603 g/mol. The second kappa shape index (κ2) is 16.1. The standard InChI is InChI=1S/C26H39F6N3O6/c1-16(2)17(14-34-22(37)18-9-5-6-10-21(18)41-12-8-7-11-39-3)13-19(33)20(36)15-35-23(38)24(40-4,25(27,28)29)26(30,31)32/h5-6,9-10,16-17,19-20,36H,7-8,11-15,33H2,1-4H3,(H,34,37)(H,35,38)/t17-,19+,20+/m1/s1. The van der Waals surface area contributed by atoms with Crippen LogP contribution >= 0.6 is 0 Å². The smallest absolute Gasteiger partial charge is 0.435 e. The van der Waals surface area contributed by atoms with Crippen molar-refractivity contribution in [3.05, 3.63) is 29.8 Å². The lowest BCUT2D eigenvalue weighted by Gasteiger charge is -2.34.